The van der Waals surface area contributed by atoms with Gasteiger partial charge in [-0.2, -0.15) is 0 Å². The van der Waals surface area contributed by atoms with Gasteiger partial charge in [-0.1, -0.05) is 31.2 Å². The van der Waals surface area contributed by atoms with E-state index in [0.29, 0.717) is 17.8 Å². The maximum atomic E-state index is 13.0. The summed E-state index contributed by atoms with van der Waals surface area (Å²) in [5.74, 6) is -0.342. The summed E-state index contributed by atoms with van der Waals surface area (Å²) < 4.78 is 26.5. The van der Waals surface area contributed by atoms with Crippen LogP contribution in [-0.2, 0) is 14.8 Å². The fraction of sp³-hybridized carbons (Fsp3) is 0.350. The quantitative estimate of drug-likeness (QED) is 0.700. The zero-order chi connectivity index (χ0) is 20.2. The number of thioether (sulfide) groups is 1. The Hall–Kier alpha value is -1.99. The van der Waals surface area contributed by atoms with Crippen molar-refractivity contribution in [3.8, 4) is 0 Å². The van der Waals surface area contributed by atoms with Crippen molar-refractivity contribution >= 4 is 39.1 Å². The summed E-state index contributed by atoms with van der Waals surface area (Å²) in [4.78, 5) is 14.0. The molecule has 1 unspecified atom stereocenters. The fourth-order valence-electron chi connectivity index (χ4n) is 2.96. The number of para-hydroxylation sites is 1. The van der Waals surface area contributed by atoms with Gasteiger partial charge in [0, 0.05) is 4.90 Å². The third kappa shape index (κ3) is 5.05. The molecule has 146 valence electrons. The van der Waals surface area contributed by atoms with Gasteiger partial charge in [-0.3, -0.25) is 9.10 Å². The number of aryl methyl sites for hydroxylation is 2. The van der Waals surface area contributed by atoms with Crippen LogP contribution in [0.4, 0.5) is 11.4 Å². The van der Waals surface area contributed by atoms with Crippen molar-refractivity contribution in [1.29, 1.82) is 0 Å². The minimum absolute atomic E-state index is 0.342. The van der Waals surface area contributed by atoms with Crippen LogP contribution in [0.2, 0.25) is 0 Å². The second-order valence-electron chi connectivity index (χ2n) is 6.46. The summed E-state index contributed by atoms with van der Waals surface area (Å²) in [5.41, 5.74) is 2.97. The SMILES string of the molecule is CCC(C(=O)Nc1ccccc1SC)N(c1cc(C)ccc1C)S(C)(=O)=O. The molecule has 0 fully saturated rings. The smallest absolute Gasteiger partial charge is 0.248 e. The van der Waals surface area contributed by atoms with Crippen LogP contribution in [0.5, 0.6) is 0 Å². The van der Waals surface area contributed by atoms with Crippen molar-refractivity contribution in [3.63, 3.8) is 0 Å². The number of amides is 1. The molecule has 0 aromatic heterocycles. The zero-order valence-electron chi connectivity index (χ0n) is 16.3. The number of carbonyl (C=O) groups excluding carboxylic acids is 1. The van der Waals surface area contributed by atoms with E-state index < -0.39 is 16.1 Å². The second-order valence-corrected chi connectivity index (χ2v) is 9.17. The Morgan fingerprint density at radius 1 is 1.19 bits per heavy atom. The van der Waals surface area contributed by atoms with Crippen molar-refractivity contribution < 1.29 is 13.2 Å². The van der Waals surface area contributed by atoms with Crippen LogP contribution in [0.1, 0.15) is 24.5 Å². The zero-order valence-corrected chi connectivity index (χ0v) is 17.9. The number of nitrogens with zero attached hydrogens (tertiary/aromatic N) is 1. The Kier molecular flexibility index (Phi) is 6.95. The second kappa shape index (κ2) is 8.80. The maximum Gasteiger partial charge on any atom is 0.248 e. The number of hydrogen-bond donors (Lipinski definition) is 1. The molecule has 1 atom stereocenters. The molecule has 0 bridgehead atoms. The lowest BCUT2D eigenvalue weighted by Crippen LogP contribution is -2.47. The van der Waals surface area contributed by atoms with Crippen LogP contribution in [0, 0.1) is 13.8 Å². The molecule has 2 aromatic rings. The van der Waals surface area contributed by atoms with Crippen LogP contribution in [-0.4, -0.2) is 32.9 Å². The molecular formula is C20H26N2O3S2. The third-order valence-corrected chi connectivity index (χ3v) is 6.26. The van der Waals surface area contributed by atoms with Crippen molar-refractivity contribution in [2.75, 3.05) is 22.1 Å². The molecule has 1 amide bonds. The molecule has 0 saturated heterocycles. The summed E-state index contributed by atoms with van der Waals surface area (Å²) >= 11 is 1.52. The highest BCUT2D eigenvalue weighted by Gasteiger charge is 2.32. The van der Waals surface area contributed by atoms with Gasteiger partial charge in [0.2, 0.25) is 15.9 Å². The van der Waals surface area contributed by atoms with Crippen LogP contribution < -0.4 is 9.62 Å². The van der Waals surface area contributed by atoms with Crippen molar-refractivity contribution in [3.05, 3.63) is 53.6 Å². The van der Waals surface area contributed by atoms with Gasteiger partial charge < -0.3 is 5.32 Å². The summed E-state index contributed by atoms with van der Waals surface area (Å²) in [5, 5.41) is 2.90. The van der Waals surface area contributed by atoms with Crippen LogP contribution >= 0.6 is 11.8 Å². The molecule has 0 aliphatic carbocycles. The first-order valence-corrected chi connectivity index (χ1v) is 11.8. The van der Waals surface area contributed by atoms with E-state index in [9.17, 15) is 13.2 Å². The van der Waals surface area contributed by atoms with Gasteiger partial charge in [-0.05, 0) is 55.9 Å². The standard InChI is InChI=1S/C20H26N2O3S2/c1-6-17(20(23)21-16-9-7-8-10-19(16)26-4)22(27(5,24)25)18-13-14(2)11-12-15(18)3/h7-13,17H,6H2,1-5H3,(H,21,23). The highest BCUT2D eigenvalue weighted by atomic mass is 32.2. The average molecular weight is 407 g/mol. The molecule has 1 N–H and O–H groups in total. The maximum absolute atomic E-state index is 13.0. The summed E-state index contributed by atoms with van der Waals surface area (Å²) in [6.45, 7) is 5.56. The highest BCUT2D eigenvalue weighted by Crippen LogP contribution is 2.29. The van der Waals surface area contributed by atoms with Gasteiger partial charge in [-0.25, -0.2) is 8.42 Å². The van der Waals surface area contributed by atoms with Crippen LogP contribution in [0.25, 0.3) is 0 Å². The molecule has 7 heteroatoms. The van der Waals surface area contributed by atoms with E-state index in [4.69, 9.17) is 0 Å². The van der Waals surface area contributed by atoms with Gasteiger partial charge in [-0.15, -0.1) is 11.8 Å². The molecule has 0 spiro atoms. The Bertz CT molecular complexity index is 927. The molecular weight excluding hydrogens is 380 g/mol. The molecule has 27 heavy (non-hydrogen) atoms. The summed E-state index contributed by atoms with van der Waals surface area (Å²) in [7, 11) is -3.65. The molecule has 0 radical (unpaired) electrons. The summed E-state index contributed by atoms with van der Waals surface area (Å²) in [6.07, 6.45) is 3.43. The van der Waals surface area contributed by atoms with Gasteiger partial charge >= 0.3 is 0 Å². The first-order chi connectivity index (χ1) is 12.7. The molecule has 0 aliphatic rings. The van der Waals surface area contributed by atoms with Crippen LogP contribution in [0.15, 0.2) is 47.4 Å². The van der Waals surface area contributed by atoms with E-state index in [0.717, 1.165) is 22.3 Å². The van der Waals surface area contributed by atoms with E-state index in [1.54, 1.807) is 0 Å². The lowest BCUT2D eigenvalue weighted by molar-refractivity contribution is -0.117. The number of rotatable bonds is 7. The number of nitrogens with one attached hydrogen (secondary N) is 1. The lowest BCUT2D eigenvalue weighted by atomic mass is 10.1. The summed E-state index contributed by atoms with van der Waals surface area (Å²) in [6, 6.07) is 12.2. The predicted octanol–water partition coefficient (Wildman–Crippen LogP) is 4.21. The normalized spacial score (nSPS) is 12.5. The van der Waals surface area contributed by atoms with E-state index >= 15 is 0 Å². The number of carbonyl (C=O) groups is 1. The highest BCUT2D eigenvalue weighted by molar-refractivity contribution is 7.98. The number of anilines is 2. The Labute approximate surface area is 166 Å². The first kappa shape index (κ1) is 21.3. The largest absolute Gasteiger partial charge is 0.323 e. The van der Waals surface area contributed by atoms with E-state index in [2.05, 4.69) is 5.32 Å². The molecule has 0 heterocycles. The number of sulfonamides is 1. The third-order valence-electron chi connectivity index (χ3n) is 4.30. The van der Waals surface area contributed by atoms with Crippen LogP contribution in [0.3, 0.4) is 0 Å². The Morgan fingerprint density at radius 3 is 2.44 bits per heavy atom. The minimum atomic E-state index is -3.65. The predicted molar refractivity (Wildman–Crippen MR) is 114 cm³/mol. The van der Waals surface area contributed by atoms with E-state index in [1.807, 2.05) is 69.5 Å². The van der Waals surface area contributed by atoms with Crippen molar-refractivity contribution in [1.82, 2.24) is 0 Å². The minimum Gasteiger partial charge on any atom is -0.323 e. The molecule has 5 nitrogen and oxygen atoms in total. The number of hydrogen-bond acceptors (Lipinski definition) is 4. The van der Waals surface area contributed by atoms with Gasteiger partial charge in [0.15, 0.2) is 0 Å². The lowest BCUT2D eigenvalue weighted by Gasteiger charge is -2.31. The average Bonchev–Trinajstić information content (AvgIpc) is 2.61. The number of benzene rings is 2. The van der Waals surface area contributed by atoms with Gasteiger partial charge in [0.1, 0.15) is 6.04 Å². The van der Waals surface area contributed by atoms with E-state index in [-0.39, 0.29) is 5.91 Å². The van der Waals surface area contributed by atoms with Crippen molar-refractivity contribution in [2.45, 2.75) is 38.1 Å². The molecule has 2 aromatic carbocycles. The molecule has 0 aliphatic heterocycles. The van der Waals surface area contributed by atoms with Gasteiger partial charge in [0.05, 0.1) is 17.6 Å². The first-order valence-electron chi connectivity index (χ1n) is 8.69. The topological polar surface area (TPSA) is 66.5 Å². The van der Waals surface area contributed by atoms with Crippen molar-refractivity contribution in [2.24, 2.45) is 0 Å². The van der Waals surface area contributed by atoms with E-state index in [1.165, 1.54) is 16.1 Å². The Morgan fingerprint density at radius 2 is 1.85 bits per heavy atom. The molecule has 0 saturated carbocycles. The Balaban J connectivity index is 2.46. The van der Waals surface area contributed by atoms with Gasteiger partial charge in [0.25, 0.3) is 0 Å². The fourth-order valence-corrected chi connectivity index (χ4v) is 4.77. The molecule has 2 rings (SSSR count). The monoisotopic (exact) mass is 406 g/mol.